The average molecular weight is 251 g/mol. The van der Waals surface area contributed by atoms with E-state index in [1.54, 1.807) is 12.1 Å². The minimum Gasteiger partial charge on any atom is -0.384 e. The Morgan fingerprint density at radius 2 is 2.18 bits per heavy atom. The summed E-state index contributed by atoms with van der Waals surface area (Å²) in [6, 6.07) is 3.55. The molecule has 1 aromatic rings. The summed E-state index contributed by atoms with van der Waals surface area (Å²) in [5.74, 6) is 5.27. The van der Waals surface area contributed by atoms with Crippen molar-refractivity contribution >= 4 is 17.2 Å². The van der Waals surface area contributed by atoms with E-state index in [0.717, 1.165) is 4.88 Å². The van der Waals surface area contributed by atoms with Crippen LogP contribution in [0, 0.1) is 17.3 Å². The fourth-order valence-corrected chi connectivity index (χ4v) is 1.88. The maximum absolute atomic E-state index is 11.8. The molecule has 0 saturated carbocycles. The number of carbonyl (C=O) groups excluding carboxylic acids is 1. The standard InChI is InChI=1S/C13H17NO2S/c1-13(2,3)9-14-12(16)11-7-6-10(17-11)5-4-8-15/h6-7,15H,8-9H2,1-3H3,(H,14,16). The van der Waals surface area contributed by atoms with Crippen LogP contribution in [-0.4, -0.2) is 24.2 Å². The molecule has 3 nitrogen and oxygen atoms in total. The number of aliphatic hydroxyl groups is 1. The smallest absolute Gasteiger partial charge is 0.261 e. The molecular weight excluding hydrogens is 234 g/mol. The van der Waals surface area contributed by atoms with Crippen LogP contribution < -0.4 is 5.32 Å². The Hall–Kier alpha value is -1.31. The van der Waals surface area contributed by atoms with Crippen molar-refractivity contribution in [2.75, 3.05) is 13.2 Å². The Kier molecular flexibility index (Phi) is 4.73. The van der Waals surface area contributed by atoms with Gasteiger partial charge >= 0.3 is 0 Å². The average Bonchev–Trinajstić information content (AvgIpc) is 2.70. The molecule has 0 atom stereocenters. The number of hydrogen-bond acceptors (Lipinski definition) is 3. The third-order valence-corrected chi connectivity index (χ3v) is 2.90. The van der Waals surface area contributed by atoms with Gasteiger partial charge in [-0.25, -0.2) is 0 Å². The maximum atomic E-state index is 11.8. The number of aliphatic hydroxyl groups excluding tert-OH is 1. The molecule has 1 aromatic heterocycles. The molecule has 0 aromatic carbocycles. The van der Waals surface area contributed by atoms with Gasteiger partial charge in [0.15, 0.2) is 0 Å². The summed E-state index contributed by atoms with van der Waals surface area (Å²) >= 11 is 1.33. The second-order valence-electron chi connectivity index (χ2n) is 4.87. The second-order valence-corrected chi connectivity index (χ2v) is 5.95. The van der Waals surface area contributed by atoms with Crippen molar-refractivity contribution in [2.45, 2.75) is 20.8 Å². The zero-order chi connectivity index (χ0) is 12.9. The predicted molar refractivity (Wildman–Crippen MR) is 70.1 cm³/mol. The van der Waals surface area contributed by atoms with Gasteiger partial charge in [0.25, 0.3) is 5.91 Å². The van der Waals surface area contributed by atoms with Crippen LogP contribution in [0.1, 0.15) is 35.3 Å². The van der Waals surface area contributed by atoms with Gasteiger partial charge in [-0.2, -0.15) is 0 Å². The summed E-state index contributed by atoms with van der Waals surface area (Å²) in [4.78, 5) is 13.2. The fraction of sp³-hybridized carbons (Fsp3) is 0.462. The van der Waals surface area contributed by atoms with E-state index in [1.807, 2.05) is 0 Å². The summed E-state index contributed by atoms with van der Waals surface area (Å²) in [5.41, 5.74) is 0.0758. The summed E-state index contributed by atoms with van der Waals surface area (Å²) in [6.07, 6.45) is 0. The number of thiophene rings is 1. The monoisotopic (exact) mass is 251 g/mol. The Labute approximate surface area is 106 Å². The molecule has 0 aliphatic heterocycles. The highest BCUT2D eigenvalue weighted by Gasteiger charge is 2.14. The molecule has 1 rings (SSSR count). The number of hydrogen-bond donors (Lipinski definition) is 2. The van der Waals surface area contributed by atoms with Crippen LogP contribution in [0.3, 0.4) is 0 Å². The van der Waals surface area contributed by atoms with Crippen molar-refractivity contribution < 1.29 is 9.90 Å². The van der Waals surface area contributed by atoms with Crippen LogP contribution in [0.4, 0.5) is 0 Å². The van der Waals surface area contributed by atoms with E-state index >= 15 is 0 Å². The SMILES string of the molecule is CC(C)(C)CNC(=O)c1ccc(C#CCO)s1. The first-order chi connectivity index (χ1) is 7.92. The normalized spacial score (nSPS) is 10.6. The van der Waals surface area contributed by atoms with Crippen LogP contribution in [0.15, 0.2) is 12.1 Å². The topological polar surface area (TPSA) is 49.3 Å². The number of amides is 1. The van der Waals surface area contributed by atoms with E-state index in [4.69, 9.17) is 5.11 Å². The van der Waals surface area contributed by atoms with Gasteiger partial charge < -0.3 is 10.4 Å². The zero-order valence-electron chi connectivity index (χ0n) is 10.3. The van der Waals surface area contributed by atoms with Crippen LogP contribution in [0.2, 0.25) is 0 Å². The van der Waals surface area contributed by atoms with Crippen LogP contribution in [0.5, 0.6) is 0 Å². The van der Waals surface area contributed by atoms with Crippen molar-refractivity contribution in [1.29, 1.82) is 0 Å². The molecular formula is C13H17NO2S. The van der Waals surface area contributed by atoms with Crippen molar-refractivity contribution in [1.82, 2.24) is 5.32 Å². The van der Waals surface area contributed by atoms with Crippen molar-refractivity contribution in [3.8, 4) is 11.8 Å². The molecule has 0 saturated heterocycles. The zero-order valence-corrected chi connectivity index (χ0v) is 11.1. The third-order valence-electron chi connectivity index (χ3n) is 1.90. The van der Waals surface area contributed by atoms with Crippen molar-refractivity contribution in [3.63, 3.8) is 0 Å². The van der Waals surface area contributed by atoms with Gasteiger partial charge in [0.05, 0.1) is 9.75 Å². The highest BCUT2D eigenvalue weighted by Crippen LogP contribution is 2.16. The Morgan fingerprint density at radius 1 is 1.47 bits per heavy atom. The molecule has 0 bridgehead atoms. The molecule has 0 aliphatic rings. The largest absolute Gasteiger partial charge is 0.384 e. The predicted octanol–water partition coefficient (Wildman–Crippen LogP) is 1.87. The van der Waals surface area contributed by atoms with E-state index in [0.29, 0.717) is 11.4 Å². The first-order valence-corrected chi connectivity index (χ1v) is 6.22. The maximum Gasteiger partial charge on any atom is 0.261 e. The molecule has 0 radical (unpaired) electrons. The lowest BCUT2D eigenvalue weighted by Crippen LogP contribution is -2.31. The molecule has 17 heavy (non-hydrogen) atoms. The Balaban J connectivity index is 2.61. The lowest BCUT2D eigenvalue weighted by atomic mass is 9.97. The van der Waals surface area contributed by atoms with E-state index < -0.39 is 0 Å². The van der Waals surface area contributed by atoms with Gasteiger partial charge in [0.1, 0.15) is 6.61 Å². The molecule has 0 unspecified atom stereocenters. The van der Waals surface area contributed by atoms with Gasteiger partial charge in [0.2, 0.25) is 0 Å². The van der Waals surface area contributed by atoms with E-state index in [-0.39, 0.29) is 17.9 Å². The Bertz CT molecular complexity index is 446. The molecule has 1 heterocycles. The summed E-state index contributed by atoms with van der Waals surface area (Å²) in [7, 11) is 0. The summed E-state index contributed by atoms with van der Waals surface area (Å²) in [6.45, 7) is 6.68. The van der Waals surface area contributed by atoms with Crippen LogP contribution in [0.25, 0.3) is 0 Å². The van der Waals surface area contributed by atoms with Gasteiger partial charge in [-0.3, -0.25) is 4.79 Å². The van der Waals surface area contributed by atoms with E-state index in [1.165, 1.54) is 11.3 Å². The number of carbonyl (C=O) groups is 1. The first kappa shape index (κ1) is 13.8. The Morgan fingerprint density at radius 3 is 2.76 bits per heavy atom. The fourth-order valence-electron chi connectivity index (χ4n) is 1.09. The highest BCUT2D eigenvalue weighted by atomic mass is 32.1. The number of nitrogens with one attached hydrogen (secondary N) is 1. The van der Waals surface area contributed by atoms with Gasteiger partial charge in [0, 0.05) is 6.54 Å². The molecule has 0 fully saturated rings. The van der Waals surface area contributed by atoms with Crippen LogP contribution in [-0.2, 0) is 0 Å². The third kappa shape index (κ3) is 5.03. The lowest BCUT2D eigenvalue weighted by molar-refractivity contribution is 0.0943. The van der Waals surface area contributed by atoms with Gasteiger partial charge in [-0.05, 0) is 17.5 Å². The molecule has 2 N–H and O–H groups in total. The van der Waals surface area contributed by atoms with E-state index in [2.05, 4.69) is 37.9 Å². The molecule has 1 amide bonds. The molecule has 4 heteroatoms. The quantitative estimate of drug-likeness (QED) is 0.788. The summed E-state index contributed by atoms with van der Waals surface area (Å²) in [5, 5.41) is 11.5. The van der Waals surface area contributed by atoms with Crippen molar-refractivity contribution in [2.24, 2.45) is 5.41 Å². The van der Waals surface area contributed by atoms with Gasteiger partial charge in [-0.1, -0.05) is 32.6 Å². The molecule has 92 valence electrons. The lowest BCUT2D eigenvalue weighted by Gasteiger charge is -2.18. The van der Waals surface area contributed by atoms with Crippen LogP contribution >= 0.6 is 11.3 Å². The van der Waals surface area contributed by atoms with E-state index in [9.17, 15) is 4.79 Å². The second kappa shape index (κ2) is 5.85. The highest BCUT2D eigenvalue weighted by molar-refractivity contribution is 7.14. The number of rotatable bonds is 2. The van der Waals surface area contributed by atoms with Crippen molar-refractivity contribution in [3.05, 3.63) is 21.9 Å². The minimum absolute atomic E-state index is 0.0676. The summed E-state index contributed by atoms with van der Waals surface area (Å²) < 4.78 is 0. The first-order valence-electron chi connectivity index (χ1n) is 5.40. The molecule has 0 spiro atoms. The van der Waals surface area contributed by atoms with Gasteiger partial charge in [-0.15, -0.1) is 11.3 Å². The molecule has 0 aliphatic carbocycles. The minimum atomic E-state index is -0.163.